The highest BCUT2D eigenvalue weighted by Gasteiger charge is 2.10. The van der Waals surface area contributed by atoms with E-state index in [9.17, 15) is 0 Å². The summed E-state index contributed by atoms with van der Waals surface area (Å²) >= 11 is 5.98. The van der Waals surface area contributed by atoms with E-state index in [0.717, 1.165) is 29.1 Å². The smallest absolute Gasteiger partial charge is 0.0672 e. The summed E-state index contributed by atoms with van der Waals surface area (Å²) in [6, 6.07) is 5.49. The average Bonchev–Trinajstić information content (AvgIpc) is 2.63. The third kappa shape index (κ3) is 1.91. The fourth-order valence-corrected chi connectivity index (χ4v) is 1.88. The van der Waals surface area contributed by atoms with Crippen molar-refractivity contribution in [1.82, 2.24) is 9.78 Å². The largest absolute Gasteiger partial charge is 0.398 e. The number of nitrogen functional groups attached to an aromatic ring is 1. The number of rotatable bonds is 2. The van der Waals surface area contributed by atoms with Gasteiger partial charge in [0.15, 0.2) is 0 Å². The molecule has 0 fully saturated rings. The molecule has 0 unspecified atom stereocenters. The van der Waals surface area contributed by atoms with Crippen LogP contribution in [0.3, 0.4) is 0 Å². The molecule has 1 aromatic heterocycles. The van der Waals surface area contributed by atoms with Crippen molar-refractivity contribution in [2.24, 2.45) is 0 Å². The molecule has 0 aliphatic rings. The molecular formula is C12H14ClN3. The van der Waals surface area contributed by atoms with Gasteiger partial charge in [0.1, 0.15) is 0 Å². The van der Waals surface area contributed by atoms with Crippen molar-refractivity contribution < 1.29 is 0 Å². The van der Waals surface area contributed by atoms with Crippen molar-refractivity contribution in [1.29, 1.82) is 0 Å². The molecule has 0 spiro atoms. The molecule has 1 aromatic carbocycles. The lowest BCUT2D eigenvalue weighted by atomic mass is 10.1. The van der Waals surface area contributed by atoms with Crippen LogP contribution in [0, 0.1) is 6.92 Å². The van der Waals surface area contributed by atoms with Gasteiger partial charge in [-0.05, 0) is 32.0 Å². The zero-order valence-corrected chi connectivity index (χ0v) is 10.1. The molecule has 84 valence electrons. The zero-order chi connectivity index (χ0) is 11.7. The fourth-order valence-electron chi connectivity index (χ4n) is 1.71. The zero-order valence-electron chi connectivity index (χ0n) is 9.37. The highest BCUT2D eigenvalue weighted by Crippen LogP contribution is 2.30. The fraction of sp³-hybridized carbons (Fsp3) is 0.250. The van der Waals surface area contributed by atoms with Crippen LogP contribution in [0.5, 0.6) is 0 Å². The first-order chi connectivity index (χ1) is 7.61. The summed E-state index contributed by atoms with van der Waals surface area (Å²) in [6.07, 6.45) is 2.00. The minimum Gasteiger partial charge on any atom is -0.398 e. The maximum absolute atomic E-state index is 5.98. The van der Waals surface area contributed by atoms with Crippen molar-refractivity contribution in [2.75, 3.05) is 5.73 Å². The maximum atomic E-state index is 5.98. The number of hydrogen-bond donors (Lipinski definition) is 1. The van der Waals surface area contributed by atoms with Gasteiger partial charge in [-0.1, -0.05) is 11.6 Å². The molecule has 0 saturated heterocycles. The van der Waals surface area contributed by atoms with Crippen LogP contribution in [0.4, 0.5) is 5.69 Å². The van der Waals surface area contributed by atoms with E-state index in [2.05, 4.69) is 12.0 Å². The summed E-state index contributed by atoms with van der Waals surface area (Å²) in [4.78, 5) is 0. The Labute approximate surface area is 99.8 Å². The van der Waals surface area contributed by atoms with E-state index in [-0.39, 0.29) is 0 Å². The number of halogens is 1. The maximum Gasteiger partial charge on any atom is 0.0672 e. The van der Waals surface area contributed by atoms with Gasteiger partial charge in [-0.15, -0.1) is 0 Å². The van der Waals surface area contributed by atoms with Crippen LogP contribution in [0.15, 0.2) is 24.4 Å². The summed E-state index contributed by atoms with van der Waals surface area (Å²) in [5.41, 5.74) is 9.63. The summed E-state index contributed by atoms with van der Waals surface area (Å²) in [5, 5.41) is 5.08. The van der Waals surface area contributed by atoms with E-state index in [0.29, 0.717) is 5.02 Å². The molecule has 0 bridgehead atoms. The molecule has 2 aromatic rings. The average molecular weight is 236 g/mol. The number of nitrogens with zero attached hydrogens (tertiary/aromatic N) is 2. The quantitative estimate of drug-likeness (QED) is 0.813. The van der Waals surface area contributed by atoms with Crippen molar-refractivity contribution in [3.05, 3.63) is 35.1 Å². The van der Waals surface area contributed by atoms with Gasteiger partial charge in [-0.3, -0.25) is 4.68 Å². The normalized spacial score (nSPS) is 10.7. The molecule has 0 atom stereocenters. The van der Waals surface area contributed by atoms with Gasteiger partial charge in [-0.25, -0.2) is 0 Å². The molecule has 0 amide bonds. The number of anilines is 1. The first-order valence-electron chi connectivity index (χ1n) is 5.21. The van der Waals surface area contributed by atoms with Crippen LogP contribution in [-0.4, -0.2) is 9.78 Å². The number of aromatic nitrogens is 2. The molecule has 0 aliphatic heterocycles. The van der Waals surface area contributed by atoms with E-state index in [1.54, 1.807) is 6.07 Å². The summed E-state index contributed by atoms with van der Waals surface area (Å²) < 4.78 is 1.89. The van der Waals surface area contributed by atoms with Gasteiger partial charge in [0.2, 0.25) is 0 Å². The molecule has 4 heteroatoms. The van der Waals surface area contributed by atoms with Gasteiger partial charge in [0.25, 0.3) is 0 Å². The second kappa shape index (κ2) is 4.18. The Morgan fingerprint density at radius 1 is 1.38 bits per heavy atom. The Bertz CT molecular complexity index is 517. The van der Waals surface area contributed by atoms with Crippen LogP contribution < -0.4 is 5.73 Å². The lowest BCUT2D eigenvalue weighted by Gasteiger charge is -2.04. The number of nitrogens with two attached hydrogens (primary N) is 1. The minimum atomic E-state index is 0.688. The van der Waals surface area contributed by atoms with Gasteiger partial charge >= 0.3 is 0 Å². The molecule has 16 heavy (non-hydrogen) atoms. The standard InChI is InChI=1S/C12H14ClN3/c1-3-16-7-11(8(2)15-16)10-6-9(13)4-5-12(10)14/h4-7H,3,14H2,1-2H3. The van der Waals surface area contributed by atoms with Crippen LogP contribution in [0.25, 0.3) is 11.1 Å². The summed E-state index contributed by atoms with van der Waals surface area (Å²) in [7, 11) is 0. The Hall–Kier alpha value is -1.48. The lowest BCUT2D eigenvalue weighted by molar-refractivity contribution is 0.653. The number of benzene rings is 1. The molecule has 2 N–H and O–H groups in total. The van der Waals surface area contributed by atoms with Crippen molar-refractivity contribution in [3.63, 3.8) is 0 Å². The van der Waals surface area contributed by atoms with E-state index in [1.165, 1.54) is 0 Å². The Morgan fingerprint density at radius 2 is 2.12 bits per heavy atom. The molecule has 0 aliphatic carbocycles. The van der Waals surface area contributed by atoms with Gasteiger partial charge in [0.05, 0.1) is 5.69 Å². The SMILES string of the molecule is CCn1cc(-c2cc(Cl)ccc2N)c(C)n1. The Morgan fingerprint density at radius 3 is 2.75 bits per heavy atom. The predicted molar refractivity (Wildman–Crippen MR) is 67.5 cm³/mol. The van der Waals surface area contributed by atoms with Gasteiger partial charge in [0, 0.05) is 34.6 Å². The second-order valence-electron chi connectivity index (χ2n) is 3.72. The third-order valence-corrected chi connectivity index (χ3v) is 2.81. The molecule has 2 rings (SSSR count). The topological polar surface area (TPSA) is 43.8 Å². The highest BCUT2D eigenvalue weighted by atomic mass is 35.5. The van der Waals surface area contributed by atoms with Crippen LogP contribution in [0.1, 0.15) is 12.6 Å². The van der Waals surface area contributed by atoms with Crippen LogP contribution in [0.2, 0.25) is 5.02 Å². The molecule has 1 heterocycles. The summed E-state index contributed by atoms with van der Waals surface area (Å²) in [5.74, 6) is 0. The molecule has 0 saturated carbocycles. The molecule has 3 nitrogen and oxygen atoms in total. The first-order valence-corrected chi connectivity index (χ1v) is 5.59. The Balaban J connectivity index is 2.57. The van der Waals surface area contributed by atoms with Crippen molar-refractivity contribution in [3.8, 4) is 11.1 Å². The summed E-state index contributed by atoms with van der Waals surface area (Å²) in [6.45, 7) is 4.88. The molecule has 0 radical (unpaired) electrons. The minimum absolute atomic E-state index is 0.688. The van der Waals surface area contributed by atoms with E-state index >= 15 is 0 Å². The van der Waals surface area contributed by atoms with Crippen molar-refractivity contribution in [2.45, 2.75) is 20.4 Å². The first kappa shape index (κ1) is 11.0. The van der Waals surface area contributed by atoms with E-state index in [4.69, 9.17) is 17.3 Å². The van der Waals surface area contributed by atoms with Crippen LogP contribution in [-0.2, 0) is 6.54 Å². The highest BCUT2D eigenvalue weighted by molar-refractivity contribution is 6.31. The van der Waals surface area contributed by atoms with E-state index < -0.39 is 0 Å². The van der Waals surface area contributed by atoms with Crippen molar-refractivity contribution >= 4 is 17.3 Å². The lowest BCUT2D eigenvalue weighted by Crippen LogP contribution is -1.93. The second-order valence-corrected chi connectivity index (χ2v) is 4.15. The van der Waals surface area contributed by atoms with Crippen LogP contribution >= 0.6 is 11.6 Å². The predicted octanol–water partition coefficient (Wildman–Crippen LogP) is 3.11. The molecular weight excluding hydrogens is 222 g/mol. The third-order valence-electron chi connectivity index (χ3n) is 2.58. The van der Waals surface area contributed by atoms with Gasteiger partial charge < -0.3 is 5.73 Å². The number of hydrogen-bond acceptors (Lipinski definition) is 2. The monoisotopic (exact) mass is 235 g/mol. The van der Waals surface area contributed by atoms with E-state index in [1.807, 2.05) is 29.9 Å². The van der Waals surface area contributed by atoms with Gasteiger partial charge in [-0.2, -0.15) is 5.10 Å². The Kier molecular flexibility index (Phi) is 2.88. The number of aryl methyl sites for hydroxylation is 2.